The molecule has 0 amide bonds. The first kappa shape index (κ1) is 12.5. The van der Waals surface area contributed by atoms with Crippen LogP contribution in [0.2, 0.25) is 0 Å². The first-order valence-corrected chi connectivity index (χ1v) is 5.23. The lowest BCUT2D eigenvalue weighted by Crippen LogP contribution is -2.43. The maximum absolute atomic E-state index is 10.9. The Morgan fingerprint density at radius 2 is 2.12 bits per heavy atom. The van der Waals surface area contributed by atoms with Crippen LogP contribution < -0.4 is 10.2 Å². The van der Waals surface area contributed by atoms with Gasteiger partial charge < -0.3 is 15.3 Å². The highest BCUT2D eigenvalue weighted by molar-refractivity contribution is 5.74. The Balaban J connectivity index is 2.75. The van der Waals surface area contributed by atoms with E-state index in [1.54, 1.807) is 7.05 Å². The SMILES string of the molecule is CNC(CN(C)c1ccccc1C)C(=O)O. The number of hydrogen-bond acceptors (Lipinski definition) is 3. The Labute approximate surface area is 95.9 Å². The smallest absolute Gasteiger partial charge is 0.322 e. The molecule has 88 valence electrons. The minimum atomic E-state index is -0.831. The number of anilines is 1. The van der Waals surface area contributed by atoms with Gasteiger partial charge in [0, 0.05) is 19.3 Å². The van der Waals surface area contributed by atoms with Gasteiger partial charge in [-0.05, 0) is 25.6 Å². The Kier molecular flexibility index (Phi) is 4.31. The van der Waals surface area contributed by atoms with E-state index in [-0.39, 0.29) is 0 Å². The molecule has 1 unspecified atom stereocenters. The zero-order valence-corrected chi connectivity index (χ0v) is 9.90. The van der Waals surface area contributed by atoms with Gasteiger partial charge in [-0.2, -0.15) is 0 Å². The maximum Gasteiger partial charge on any atom is 0.322 e. The zero-order chi connectivity index (χ0) is 12.1. The summed E-state index contributed by atoms with van der Waals surface area (Å²) >= 11 is 0. The second-order valence-electron chi connectivity index (χ2n) is 3.85. The molecule has 1 aromatic carbocycles. The molecule has 0 aliphatic heterocycles. The van der Waals surface area contributed by atoms with Crippen molar-refractivity contribution in [1.29, 1.82) is 0 Å². The molecule has 4 nitrogen and oxygen atoms in total. The average Bonchev–Trinajstić information content (AvgIpc) is 2.25. The molecule has 0 fully saturated rings. The van der Waals surface area contributed by atoms with Crippen molar-refractivity contribution in [3.05, 3.63) is 29.8 Å². The van der Waals surface area contributed by atoms with Crippen molar-refractivity contribution in [2.24, 2.45) is 0 Å². The second-order valence-corrected chi connectivity index (χ2v) is 3.85. The van der Waals surface area contributed by atoms with Gasteiger partial charge in [0.1, 0.15) is 6.04 Å². The van der Waals surface area contributed by atoms with Crippen LogP contribution in [0.5, 0.6) is 0 Å². The number of carbonyl (C=O) groups is 1. The maximum atomic E-state index is 10.9. The molecule has 0 saturated heterocycles. The van der Waals surface area contributed by atoms with Crippen molar-refractivity contribution >= 4 is 11.7 Å². The van der Waals surface area contributed by atoms with E-state index >= 15 is 0 Å². The zero-order valence-electron chi connectivity index (χ0n) is 9.90. The van der Waals surface area contributed by atoms with Gasteiger partial charge >= 0.3 is 5.97 Å². The van der Waals surface area contributed by atoms with Crippen LogP contribution in [0.3, 0.4) is 0 Å². The van der Waals surface area contributed by atoms with Crippen molar-refractivity contribution in [1.82, 2.24) is 5.32 Å². The van der Waals surface area contributed by atoms with Crippen LogP contribution in [-0.4, -0.2) is 37.8 Å². The number of carboxylic acid groups (broad SMARTS) is 1. The molecule has 1 rings (SSSR count). The molecule has 0 aliphatic carbocycles. The molecule has 0 heterocycles. The summed E-state index contributed by atoms with van der Waals surface area (Å²) in [6.45, 7) is 2.46. The molecule has 1 aromatic rings. The number of aliphatic carboxylic acids is 1. The number of benzene rings is 1. The number of rotatable bonds is 5. The Hall–Kier alpha value is -1.55. The van der Waals surface area contributed by atoms with E-state index in [1.807, 2.05) is 43.1 Å². The molecule has 0 saturated carbocycles. The number of nitrogens with zero attached hydrogens (tertiary/aromatic N) is 1. The summed E-state index contributed by atoms with van der Waals surface area (Å²) in [5.74, 6) is -0.831. The molecule has 1 atom stereocenters. The molecule has 0 aromatic heterocycles. The number of aryl methyl sites for hydroxylation is 1. The predicted octanol–water partition coefficient (Wildman–Crippen LogP) is 1.10. The number of carboxylic acids is 1. The second kappa shape index (κ2) is 5.51. The number of nitrogens with one attached hydrogen (secondary N) is 1. The Morgan fingerprint density at radius 3 is 2.62 bits per heavy atom. The van der Waals surface area contributed by atoms with Gasteiger partial charge in [0.15, 0.2) is 0 Å². The highest BCUT2D eigenvalue weighted by atomic mass is 16.4. The lowest BCUT2D eigenvalue weighted by molar-refractivity contribution is -0.139. The standard InChI is InChI=1S/C12H18N2O2/c1-9-6-4-5-7-11(9)14(3)8-10(13-2)12(15)16/h4-7,10,13H,8H2,1-3H3,(H,15,16). The van der Waals surface area contributed by atoms with Crippen molar-refractivity contribution in [3.8, 4) is 0 Å². The fraction of sp³-hybridized carbons (Fsp3) is 0.417. The topological polar surface area (TPSA) is 52.6 Å². The van der Waals surface area contributed by atoms with Gasteiger partial charge in [-0.3, -0.25) is 4.79 Å². The van der Waals surface area contributed by atoms with E-state index in [9.17, 15) is 4.79 Å². The Bertz CT molecular complexity index is 366. The molecule has 4 heteroatoms. The number of likely N-dealkylation sites (N-methyl/N-ethyl adjacent to an activating group) is 2. The molecular weight excluding hydrogens is 204 g/mol. The average molecular weight is 222 g/mol. The highest BCUT2D eigenvalue weighted by Gasteiger charge is 2.17. The van der Waals surface area contributed by atoms with Gasteiger partial charge in [-0.25, -0.2) is 0 Å². The minimum Gasteiger partial charge on any atom is -0.480 e. The molecule has 0 radical (unpaired) electrons. The van der Waals surface area contributed by atoms with Crippen LogP contribution in [0, 0.1) is 6.92 Å². The minimum absolute atomic E-state index is 0.441. The summed E-state index contributed by atoms with van der Waals surface area (Å²) in [6.07, 6.45) is 0. The number of para-hydroxylation sites is 1. The molecule has 2 N–H and O–H groups in total. The Morgan fingerprint density at radius 1 is 1.50 bits per heavy atom. The van der Waals surface area contributed by atoms with Crippen LogP contribution in [0.25, 0.3) is 0 Å². The van der Waals surface area contributed by atoms with Crippen molar-refractivity contribution < 1.29 is 9.90 Å². The lowest BCUT2D eigenvalue weighted by atomic mass is 10.1. The molecule has 16 heavy (non-hydrogen) atoms. The summed E-state index contributed by atoms with van der Waals surface area (Å²) < 4.78 is 0. The predicted molar refractivity (Wildman–Crippen MR) is 64.9 cm³/mol. The first-order valence-electron chi connectivity index (χ1n) is 5.23. The molecule has 0 spiro atoms. The third-order valence-corrected chi connectivity index (χ3v) is 2.63. The van der Waals surface area contributed by atoms with Crippen LogP contribution >= 0.6 is 0 Å². The van der Waals surface area contributed by atoms with Crippen LogP contribution in [0.4, 0.5) is 5.69 Å². The quantitative estimate of drug-likeness (QED) is 0.783. The fourth-order valence-corrected chi connectivity index (χ4v) is 1.66. The van der Waals surface area contributed by atoms with E-state index in [0.29, 0.717) is 6.54 Å². The summed E-state index contributed by atoms with van der Waals surface area (Å²) in [6, 6.07) is 7.38. The van der Waals surface area contributed by atoms with Crippen LogP contribution in [-0.2, 0) is 4.79 Å². The van der Waals surface area contributed by atoms with E-state index in [2.05, 4.69) is 5.32 Å². The van der Waals surface area contributed by atoms with E-state index in [4.69, 9.17) is 5.11 Å². The molecule has 0 bridgehead atoms. The fourth-order valence-electron chi connectivity index (χ4n) is 1.66. The number of hydrogen-bond donors (Lipinski definition) is 2. The monoisotopic (exact) mass is 222 g/mol. The van der Waals surface area contributed by atoms with Gasteiger partial charge in [0.2, 0.25) is 0 Å². The largest absolute Gasteiger partial charge is 0.480 e. The summed E-state index contributed by atoms with van der Waals surface area (Å²) in [4.78, 5) is 12.8. The lowest BCUT2D eigenvalue weighted by Gasteiger charge is -2.24. The molecule has 0 aliphatic rings. The highest BCUT2D eigenvalue weighted by Crippen LogP contribution is 2.17. The van der Waals surface area contributed by atoms with Gasteiger partial charge in [-0.15, -0.1) is 0 Å². The van der Waals surface area contributed by atoms with Crippen LogP contribution in [0.1, 0.15) is 5.56 Å². The van der Waals surface area contributed by atoms with E-state index < -0.39 is 12.0 Å². The van der Waals surface area contributed by atoms with E-state index in [0.717, 1.165) is 11.3 Å². The third kappa shape index (κ3) is 2.97. The normalized spacial score (nSPS) is 12.2. The van der Waals surface area contributed by atoms with Crippen molar-refractivity contribution in [2.45, 2.75) is 13.0 Å². The summed E-state index contributed by atoms with van der Waals surface area (Å²) in [5.41, 5.74) is 2.20. The summed E-state index contributed by atoms with van der Waals surface area (Å²) in [5, 5.41) is 11.7. The van der Waals surface area contributed by atoms with Gasteiger partial charge in [-0.1, -0.05) is 18.2 Å². The van der Waals surface area contributed by atoms with Crippen molar-refractivity contribution in [3.63, 3.8) is 0 Å². The van der Waals surface area contributed by atoms with Gasteiger partial charge in [0.25, 0.3) is 0 Å². The first-order chi connectivity index (χ1) is 7.56. The third-order valence-electron chi connectivity index (χ3n) is 2.63. The van der Waals surface area contributed by atoms with Gasteiger partial charge in [0.05, 0.1) is 0 Å². The van der Waals surface area contributed by atoms with Crippen molar-refractivity contribution in [2.75, 3.05) is 25.5 Å². The molecular formula is C12H18N2O2. The van der Waals surface area contributed by atoms with E-state index in [1.165, 1.54) is 0 Å². The summed E-state index contributed by atoms with van der Waals surface area (Å²) in [7, 11) is 3.56. The van der Waals surface area contributed by atoms with Crippen LogP contribution in [0.15, 0.2) is 24.3 Å².